The summed E-state index contributed by atoms with van der Waals surface area (Å²) in [5, 5.41) is 6.13. The lowest BCUT2D eigenvalue weighted by molar-refractivity contribution is 1.13. The molecule has 0 spiro atoms. The molecule has 0 saturated carbocycles. The van der Waals surface area contributed by atoms with Crippen LogP contribution in [0.2, 0.25) is 0 Å². The van der Waals surface area contributed by atoms with Crippen molar-refractivity contribution in [3.8, 4) is 11.1 Å². The van der Waals surface area contributed by atoms with E-state index in [2.05, 4.69) is 110 Å². The van der Waals surface area contributed by atoms with Gasteiger partial charge in [0.25, 0.3) is 0 Å². The van der Waals surface area contributed by atoms with Crippen LogP contribution in [0, 0.1) is 6.92 Å². The lowest BCUT2D eigenvalue weighted by Gasteiger charge is -2.17. The third-order valence-corrected chi connectivity index (χ3v) is 5.06. The number of hydrogen-bond acceptors (Lipinski definition) is 2. The minimum Gasteiger partial charge on any atom is -0.378 e. The molecule has 0 atom stereocenters. The Morgan fingerprint density at radius 3 is 1.96 bits per heavy atom. The molecule has 0 aliphatic rings. The third kappa shape index (κ3) is 3.83. The van der Waals surface area contributed by atoms with Crippen LogP contribution < -0.4 is 10.2 Å². The Morgan fingerprint density at radius 1 is 0.714 bits per heavy atom. The van der Waals surface area contributed by atoms with Gasteiger partial charge < -0.3 is 10.2 Å². The average Bonchev–Trinajstić information content (AvgIpc) is 2.71. The minimum atomic E-state index is 0. The second-order valence-corrected chi connectivity index (χ2v) is 7.07. The Bertz CT molecular complexity index is 1070. The molecule has 0 unspecified atom stereocenters. The van der Waals surface area contributed by atoms with E-state index >= 15 is 0 Å². The van der Waals surface area contributed by atoms with Gasteiger partial charge in [-0.15, -0.1) is 12.4 Å². The highest BCUT2D eigenvalue weighted by Crippen LogP contribution is 2.36. The predicted octanol–water partition coefficient (Wildman–Crippen LogP) is 7.05. The molecule has 142 valence electrons. The zero-order valence-corrected chi connectivity index (χ0v) is 17.3. The van der Waals surface area contributed by atoms with Crippen LogP contribution in [-0.2, 0) is 0 Å². The van der Waals surface area contributed by atoms with Gasteiger partial charge in [0.1, 0.15) is 0 Å². The smallest absolute Gasteiger partial charge is 0.0470 e. The van der Waals surface area contributed by atoms with Crippen LogP contribution in [0.4, 0.5) is 17.1 Å². The summed E-state index contributed by atoms with van der Waals surface area (Å²) >= 11 is 0. The zero-order valence-electron chi connectivity index (χ0n) is 16.4. The molecule has 4 aromatic rings. The molecule has 0 amide bonds. The Kier molecular flexibility index (Phi) is 5.91. The summed E-state index contributed by atoms with van der Waals surface area (Å²) in [6.45, 7) is 2.21. The van der Waals surface area contributed by atoms with Crippen molar-refractivity contribution < 1.29 is 0 Å². The van der Waals surface area contributed by atoms with E-state index in [4.69, 9.17) is 0 Å². The summed E-state index contributed by atoms with van der Waals surface area (Å²) in [5.41, 5.74) is 7.24. The molecule has 2 nitrogen and oxygen atoms in total. The van der Waals surface area contributed by atoms with E-state index in [1.807, 2.05) is 6.07 Å². The van der Waals surface area contributed by atoms with Crippen molar-refractivity contribution in [2.75, 3.05) is 24.3 Å². The van der Waals surface area contributed by atoms with Gasteiger partial charge in [0.15, 0.2) is 0 Å². The van der Waals surface area contributed by atoms with Crippen LogP contribution in [-0.4, -0.2) is 14.1 Å². The topological polar surface area (TPSA) is 15.3 Å². The molecule has 0 aliphatic heterocycles. The maximum Gasteiger partial charge on any atom is 0.0470 e. The number of nitrogens with zero attached hydrogens (tertiary/aromatic N) is 1. The highest BCUT2D eigenvalue weighted by Gasteiger charge is 2.11. The highest BCUT2D eigenvalue weighted by molar-refractivity contribution is 6.01. The van der Waals surface area contributed by atoms with Crippen molar-refractivity contribution in [2.45, 2.75) is 6.92 Å². The van der Waals surface area contributed by atoms with Crippen LogP contribution >= 0.6 is 12.4 Å². The maximum absolute atomic E-state index is 3.61. The van der Waals surface area contributed by atoms with Crippen molar-refractivity contribution >= 4 is 40.2 Å². The quantitative estimate of drug-likeness (QED) is 0.403. The van der Waals surface area contributed by atoms with Crippen LogP contribution in [0.3, 0.4) is 0 Å². The highest BCUT2D eigenvalue weighted by atomic mass is 35.5. The molecule has 4 rings (SSSR count). The van der Waals surface area contributed by atoms with Gasteiger partial charge in [-0.05, 0) is 59.3 Å². The van der Waals surface area contributed by atoms with E-state index in [0.717, 1.165) is 11.4 Å². The first-order valence-corrected chi connectivity index (χ1v) is 9.25. The van der Waals surface area contributed by atoms with Crippen molar-refractivity contribution in [3.05, 3.63) is 90.5 Å². The fourth-order valence-corrected chi connectivity index (χ4v) is 3.54. The van der Waals surface area contributed by atoms with Crippen molar-refractivity contribution in [1.82, 2.24) is 0 Å². The molecule has 0 saturated heterocycles. The Morgan fingerprint density at radius 2 is 1.32 bits per heavy atom. The maximum atomic E-state index is 3.61. The molecule has 28 heavy (non-hydrogen) atoms. The van der Waals surface area contributed by atoms with E-state index in [9.17, 15) is 0 Å². The van der Waals surface area contributed by atoms with Gasteiger partial charge in [-0.25, -0.2) is 0 Å². The molecular formula is C25H25ClN2. The molecule has 0 heterocycles. The van der Waals surface area contributed by atoms with E-state index in [0.29, 0.717) is 0 Å². The monoisotopic (exact) mass is 388 g/mol. The van der Waals surface area contributed by atoms with Crippen molar-refractivity contribution in [3.63, 3.8) is 0 Å². The van der Waals surface area contributed by atoms with Gasteiger partial charge in [-0.1, -0.05) is 54.6 Å². The average molecular weight is 389 g/mol. The van der Waals surface area contributed by atoms with Crippen LogP contribution in [0.25, 0.3) is 21.9 Å². The minimum absolute atomic E-state index is 0. The van der Waals surface area contributed by atoms with Gasteiger partial charge in [-0.2, -0.15) is 0 Å². The summed E-state index contributed by atoms with van der Waals surface area (Å²) in [5.74, 6) is 0. The molecule has 0 fully saturated rings. The summed E-state index contributed by atoms with van der Waals surface area (Å²) in [6, 6.07) is 30.0. The van der Waals surface area contributed by atoms with Crippen LogP contribution in [0.1, 0.15) is 5.56 Å². The van der Waals surface area contributed by atoms with Gasteiger partial charge >= 0.3 is 0 Å². The van der Waals surface area contributed by atoms with E-state index in [1.54, 1.807) is 0 Å². The second-order valence-electron chi connectivity index (χ2n) is 7.07. The first kappa shape index (κ1) is 19.8. The van der Waals surface area contributed by atoms with Gasteiger partial charge in [0, 0.05) is 36.5 Å². The number of hydrogen-bond donors (Lipinski definition) is 1. The fraction of sp³-hybridized carbons (Fsp3) is 0.120. The summed E-state index contributed by atoms with van der Waals surface area (Å²) in [7, 11) is 4.14. The summed E-state index contributed by atoms with van der Waals surface area (Å²) < 4.78 is 0. The van der Waals surface area contributed by atoms with Crippen molar-refractivity contribution in [1.29, 1.82) is 0 Å². The molecule has 0 aliphatic carbocycles. The van der Waals surface area contributed by atoms with Crippen LogP contribution in [0.15, 0.2) is 84.9 Å². The largest absolute Gasteiger partial charge is 0.378 e. The molecule has 0 aromatic heterocycles. The van der Waals surface area contributed by atoms with Crippen molar-refractivity contribution in [2.24, 2.45) is 0 Å². The molecular weight excluding hydrogens is 364 g/mol. The van der Waals surface area contributed by atoms with Gasteiger partial charge in [0.05, 0.1) is 0 Å². The number of halogens is 1. The first-order valence-electron chi connectivity index (χ1n) is 9.25. The molecule has 4 aromatic carbocycles. The van der Waals surface area contributed by atoms with Gasteiger partial charge in [0.2, 0.25) is 0 Å². The number of nitrogens with one attached hydrogen (secondary N) is 1. The lowest BCUT2D eigenvalue weighted by Crippen LogP contribution is -2.07. The number of benzene rings is 4. The van der Waals surface area contributed by atoms with E-state index < -0.39 is 0 Å². The van der Waals surface area contributed by atoms with E-state index in [1.165, 1.54) is 33.2 Å². The Balaban J connectivity index is 0.00000225. The Hall–Kier alpha value is -2.97. The number of rotatable bonds is 4. The SMILES string of the molecule is Cc1c(-c2ccc(N(C)C)cc2)cc(Nc2ccccc2)c2ccccc12.Cl. The predicted molar refractivity (Wildman–Crippen MR) is 125 cm³/mol. The first-order chi connectivity index (χ1) is 13.1. The molecule has 3 heteroatoms. The third-order valence-electron chi connectivity index (χ3n) is 5.06. The Labute approximate surface area is 173 Å². The second kappa shape index (κ2) is 8.37. The normalized spacial score (nSPS) is 10.4. The lowest BCUT2D eigenvalue weighted by atomic mass is 9.93. The fourth-order valence-electron chi connectivity index (χ4n) is 3.54. The number of anilines is 3. The van der Waals surface area contributed by atoms with Crippen LogP contribution in [0.5, 0.6) is 0 Å². The number of fused-ring (bicyclic) bond motifs is 1. The molecule has 0 radical (unpaired) electrons. The number of aryl methyl sites for hydroxylation is 1. The van der Waals surface area contributed by atoms with Gasteiger partial charge in [-0.3, -0.25) is 0 Å². The zero-order chi connectivity index (χ0) is 18.8. The molecule has 0 bridgehead atoms. The summed E-state index contributed by atoms with van der Waals surface area (Å²) in [6.07, 6.45) is 0. The number of para-hydroxylation sites is 1. The van der Waals surface area contributed by atoms with E-state index in [-0.39, 0.29) is 12.4 Å². The summed E-state index contributed by atoms with van der Waals surface area (Å²) in [4.78, 5) is 2.12. The standard InChI is InChI=1S/C25H24N2.ClH/c1-18-22-11-7-8-12-23(22)25(26-20-9-5-4-6-10-20)17-24(18)19-13-15-21(16-14-19)27(2)3;/h4-17,26H,1-3H3;1H. The molecule has 1 N–H and O–H groups in total.